The second-order valence-electron chi connectivity index (χ2n) is 6.61. The minimum atomic E-state index is -3.32. The molecule has 3 nitrogen and oxygen atoms in total. The highest BCUT2D eigenvalue weighted by Gasteiger charge is 2.42. The standard InChI is InChI=1S/C16H24BrNO2S/c1-4-18-14-8-9-16(2,3)11-15(14)21(19,20)13-7-5-6-12(17)10-13/h5-7,10,14-15,18H,4,8-9,11H2,1-3H3. The van der Waals surface area contributed by atoms with Crippen molar-refractivity contribution in [3.05, 3.63) is 28.7 Å². The van der Waals surface area contributed by atoms with E-state index < -0.39 is 9.84 Å². The molecule has 5 heteroatoms. The minimum absolute atomic E-state index is 0.0482. The Bertz CT molecular complexity index is 598. The van der Waals surface area contributed by atoms with Gasteiger partial charge in [-0.15, -0.1) is 0 Å². The molecule has 1 aromatic rings. The summed E-state index contributed by atoms with van der Waals surface area (Å²) in [5.41, 5.74) is 0.0790. The summed E-state index contributed by atoms with van der Waals surface area (Å²) in [4.78, 5) is 0.419. The third-order valence-corrected chi connectivity index (χ3v) is 7.02. The number of benzene rings is 1. The summed E-state index contributed by atoms with van der Waals surface area (Å²) in [7, 11) is -3.32. The average Bonchev–Trinajstić information content (AvgIpc) is 2.40. The van der Waals surface area contributed by atoms with Gasteiger partial charge in [-0.25, -0.2) is 8.42 Å². The van der Waals surface area contributed by atoms with E-state index in [1.165, 1.54) is 0 Å². The molecule has 0 saturated heterocycles. The van der Waals surface area contributed by atoms with Crippen molar-refractivity contribution in [2.24, 2.45) is 5.41 Å². The Balaban J connectivity index is 2.38. The molecule has 2 unspecified atom stereocenters. The van der Waals surface area contributed by atoms with Gasteiger partial charge in [0.15, 0.2) is 9.84 Å². The molecule has 118 valence electrons. The van der Waals surface area contributed by atoms with Crippen LogP contribution in [0.5, 0.6) is 0 Å². The molecule has 21 heavy (non-hydrogen) atoms. The van der Waals surface area contributed by atoms with Gasteiger partial charge in [0.1, 0.15) is 0 Å². The molecule has 2 atom stereocenters. The Kier molecular flexibility index (Phi) is 5.16. The number of nitrogens with one attached hydrogen (secondary N) is 1. The summed E-state index contributed by atoms with van der Waals surface area (Å²) >= 11 is 3.37. The predicted octanol–water partition coefficient (Wildman–Crippen LogP) is 3.78. The number of sulfone groups is 1. The highest BCUT2D eigenvalue weighted by atomic mass is 79.9. The van der Waals surface area contributed by atoms with Crippen molar-refractivity contribution >= 4 is 25.8 Å². The van der Waals surface area contributed by atoms with Crippen LogP contribution in [0.4, 0.5) is 0 Å². The van der Waals surface area contributed by atoms with Crippen molar-refractivity contribution in [3.63, 3.8) is 0 Å². The van der Waals surface area contributed by atoms with Crippen LogP contribution in [0.25, 0.3) is 0 Å². The van der Waals surface area contributed by atoms with E-state index in [-0.39, 0.29) is 16.7 Å². The van der Waals surface area contributed by atoms with Crippen LogP contribution in [-0.4, -0.2) is 26.3 Å². The van der Waals surface area contributed by atoms with Crippen LogP contribution >= 0.6 is 15.9 Å². The van der Waals surface area contributed by atoms with Crippen LogP contribution in [0.2, 0.25) is 0 Å². The van der Waals surface area contributed by atoms with Crippen LogP contribution < -0.4 is 5.32 Å². The zero-order valence-corrected chi connectivity index (χ0v) is 15.3. The van der Waals surface area contributed by atoms with Gasteiger partial charge in [-0.2, -0.15) is 0 Å². The predicted molar refractivity (Wildman–Crippen MR) is 90.2 cm³/mol. The van der Waals surface area contributed by atoms with Crippen LogP contribution in [0.15, 0.2) is 33.6 Å². The zero-order chi connectivity index (χ0) is 15.7. The Hall–Kier alpha value is -0.390. The molecule has 1 N–H and O–H groups in total. The fourth-order valence-corrected chi connectivity index (χ4v) is 5.96. The lowest BCUT2D eigenvalue weighted by atomic mass is 9.75. The molecule has 0 bridgehead atoms. The smallest absolute Gasteiger partial charge is 0.182 e. The zero-order valence-electron chi connectivity index (χ0n) is 12.9. The summed E-state index contributed by atoms with van der Waals surface area (Å²) < 4.78 is 26.9. The minimum Gasteiger partial charge on any atom is -0.313 e. The lowest BCUT2D eigenvalue weighted by molar-refractivity contribution is 0.210. The second-order valence-corrected chi connectivity index (χ2v) is 9.69. The van der Waals surface area contributed by atoms with Crippen molar-refractivity contribution in [1.29, 1.82) is 0 Å². The normalized spacial score (nSPS) is 25.7. The van der Waals surface area contributed by atoms with Crippen LogP contribution in [0.3, 0.4) is 0 Å². The summed E-state index contributed by atoms with van der Waals surface area (Å²) in [5, 5.41) is 3.02. The molecule has 1 fully saturated rings. The van der Waals surface area contributed by atoms with E-state index in [2.05, 4.69) is 35.1 Å². The van der Waals surface area contributed by atoms with Crippen LogP contribution in [0.1, 0.15) is 40.0 Å². The van der Waals surface area contributed by atoms with Gasteiger partial charge < -0.3 is 5.32 Å². The maximum absolute atomic E-state index is 13.1. The fraction of sp³-hybridized carbons (Fsp3) is 0.625. The largest absolute Gasteiger partial charge is 0.313 e. The van der Waals surface area contributed by atoms with Crippen molar-refractivity contribution in [2.75, 3.05) is 6.54 Å². The summed E-state index contributed by atoms with van der Waals surface area (Å²) in [6, 6.07) is 7.09. The summed E-state index contributed by atoms with van der Waals surface area (Å²) in [5.74, 6) is 0. The average molecular weight is 374 g/mol. The van der Waals surface area contributed by atoms with E-state index in [9.17, 15) is 8.42 Å². The Morgan fingerprint density at radius 1 is 1.38 bits per heavy atom. The summed E-state index contributed by atoms with van der Waals surface area (Å²) in [6.07, 6.45) is 2.69. The molecule has 1 saturated carbocycles. The molecule has 0 aromatic heterocycles. The van der Waals surface area contributed by atoms with Gasteiger partial charge in [0, 0.05) is 10.5 Å². The van der Waals surface area contributed by atoms with Gasteiger partial charge in [0.2, 0.25) is 0 Å². The van der Waals surface area contributed by atoms with Gasteiger partial charge in [-0.1, -0.05) is 42.8 Å². The second kappa shape index (κ2) is 6.39. The van der Waals surface area contributed by atoms with Gasteiger partial charge in [-0.05, 0) is 49.4 Å². The SMILES string of the molecule is CCNC1CCC(C)(C)CC1S(=O)(=O)c1cccc(Br)c1. The molecule has 1 aliphatic rings. The quantitative estimate of drug-likeness (QED) is 0.873. The van der Waals surface area contributed by atoms with E-state index in [1.807, 2.05) is 13.0 Å². The van der Waals surface area contributed by atoms with Crippen molar-refractivity contribution in [1.82, 2.24) is 5.32 Å². The van der Waals surface area contributed by atoms with E-state index in [4.69, 9.17) is 0 Å². The molecular formula is C16H24BrNO2S. The van der Waals surface area contributed by atoms with E-state index >= 15 is 0 Å². The first-order valence-corrected chi connectivity index (χ1v) is 9.83. The van der Waals surface area contributed by atoms with E-state index in [1.54, 1.807) is 18.2 Å². The molecule has 1 aromatic carbocycles. The number of hydrogen-bond acceptors (Lipinski definition) is 3. The van der Waals surface area contributed by atoms with Gasteiger partial charge in [0.05, 0.1) is 10.1 Å². The molecule has 0 aliphatic heterocycles. The first-order chi connectivity index (χ1) is 9.76. The molecule has 0 spiro atoms. The van der Waals surface area contributed by atoms with Crippen LogP contribution in [-0.2, 0) is 9.84 Å². The lowest BCUT2D eigenvalue weighted by Crippen LogP contribution is -2.49. The van der Waals surface area contributed by atoms with Crippen molar-refractivity contribution in [3.8, 4) is 0 Å². The van der Waals surface area contributed by atoms with Gasteiger partial charge in [-0.3, -0.25) is 0 Å². The Morgan fingerprint density at radius 3 is 2.71 bits per heavy atom. The summed E-state index contributed by atoms with van der Waals surface area (Å²) in [6.45, 7) is 7.16. The third-order valence-electron chi connectivity index (χ3n) is 4.32. The lowest BCUT2D eigenvalue weighted by Gasteiger charge is -2.40. The molecule has 2 rings (SSSR count). The Labute approximate surface area is 136 Å². The maximum atomic E-state index is 13.1. The highest BCUT2D eigenvalue weighted by molar-refractivity contribution is 9.10. The number of hydrogen-bond donors (Lipinski definition) is 1. The van der Waals surface area contributed by atoms with Crippen LogP contribution in [0, 0.1) is 5.41 Å². The van der Waals surface area contributed by atoms with Gasteiger partial charge >= 0.3 is 0 Å². The molecule has 0 radical (unpaired) electrons. The number of halogens is 1. The fourth-order valence-electron chi connectivity index (χ4n) is 3.16. The monoisotopic (exact) mass is 373 g/mol. The van der Waals surface area contributed by atoms with E-state index in [0.717, 1.165) is 23.9 Å². The first kappa shape index (κ1) is 17.0. The van der Waals surface area contributed by atoms with E-state index in [0.29, 0.717) is 11.3 Å². The Morgan fingerprint density at radius 2 is 2.10 bits per heavy atom. The highest BCUT2D eigenvalue weighted by Crippen LogP contribution is 2.40. The topological polar surface area (TPSA) is 46.2 Å². The van der Waals surface area contributed by atoms with Crippen molar-refractivity contribution in [2.45, 2.75) is 56.2 Å². The first-order valence-electron chi connectivity index (χ1n) is 7.49. The number of rotatable bonds is 4. The molecule has 0 amide bonds. The molecular weight excluding hydrogens is 350 g/mol. The van der Waals surface area contributed by atoms with Gasteiger partial charge in [0.25, 0.3) is 0 Å². The molecule has 0 heterocycles. The maximum Gasteiger partial charge on any atom is 0.182 e. The molecule has 1 aliphatic carbocycles. The van der Waals surface area contributed by atoms with Crippen molar-refractivity contribution < 1.29 is 8.42 Å². The third kappa shape index (κ3) is 3.88.